The van der Waals surface area contributed by atoms with Crippen molar-refractivity contribution >= 4 is 16.6 Å². The maximum absolute atomic E-state index is 4.59. The summed E-state index contributed by atoms with van der Waals surface area (Å²) in [6.07, 6.45) is 0. The topological polar surface area (TPSA) is 17.8 Å². The Morgan fingerprint density at radius 2 is 1.74 bits per heavy atom. The molecule has 0 unspecified atom stereocenters. The van der Waals surface area contributed by atoms with Gasteiger partial charge in [-0.05, 0) is 43.7 Å². The Kier molecular flexibility index (Phi) is 2.71. The highest BCUT2D eigenvalue weighted by Gasteiger charge is 2.08. The van der Waals surface area contributed by atoms with Gasteiger partial charge >= 0.3 is 0 Å². The second kappa shape index (κ2) is 4.39. The van der Waals surface area contributed by atoms with Crippen molar-refractivity contribution in [2.45, 2.75) is 13.8 Å². The Labute approximate surface area is 113 Å². The van der Waals surface area contributed by atoms with Gasteiger partial charge in [0.1, 0.15) is 5.82 Å². The van der Waals surface area contributed by atoms with Gasteiger partial charge in [-0.2, -0.15) is 0 Å². The average Bonchev–Trinajstić information content (AvgIpc) is 2.74. The molecule has 2 nitrogen and oxygen atoms in total. The highest BCUT2D eigenvalue weighted by molar-refractivity contribution is 5.78. The van der Waals surface area contributed by atoms with E-state index in [1.54, 1.807) is 0 Å². The Bertz CT molecular complexity index is 749. The van der Waals surface area contributed by atoms with Crippen molar-refractivity contribution in [3.63, 3.8) is 0 Å². The highest BCUT2D eigenvalue weighted by Crippen LogP contribution is 2.22. The minimum absolute atomic E-state index is 1.00. The summed E-state index contributed by atoms with van der Waals surface area (Å²) < 4.78 is 2.18. The van der Waals surface area contributed by atoms with E-state index >= 15 is 0 Å². The van der Waals surface area contributed by atoms with Crippen molar-refractivity contribution in [1.82, 2.24) is 9.55 Å². The number of para-hydroxylation sites is 2. The Balaban J connectivity index is 2.18. The molecule has 2 heteroatoms. The van der Waals surface area contributed by atoms with Crippen LogP contribution < -0.4 is 0 Å². The van der Waals surface area contributed by atoms with Crippen LogP contribution in [0.3, 0.4) is 0 Å². The third kappa shape index (κ3) is 1.95. The van der Waals surface area contributed by atoms with E-state index in [1.165, 1.54) is 5.56 Å². The van der Waals surface area contributed by atoms with Crippen molar-refractivity contribution in [3.05, 3.63) is 66.5 Å². The molecule has 0 fully saturated rings. The standard InChI is InChI=1S/C17H16N2/c1-12(2)14-8-10-15(11-9-14)19-13(3)18-16-6-4-5-7-17(16)19/h4-11H,1H2,2-3H3. The Morgan fingerprint density at radius 1 is 1.05 bits per heavy atom. The van der Waals surface area contributed by atoms with Crippen LogP contribution in [0.1, 0.15) is 18.3 Å². The van der Waals surface area contributed by atoms with Gasteiger partial charge in [0.2, 0.25) is 0 Å². The van der Waals surface area contributed by atoms with Crippen molar-refractivity contribution in [1.29, 1.82) is 0 Å². The number of aromatic nitrogens is 2. The molecule has 0 saturated carbocycles. The lowest BCUT2D eigenvalue weighted by Gasteiger charge is -2.08. The number of hydrogen-bond acceptors (Lipinski definition) is 1. The zero-order valence-electron chi connectivity index (χ0n) is 11.2. The first kappa shape index (κ1) is 11.7. The number of fused-ring (bicyclic) bond motifs is 1. The number of allylic oxidation sites excluding steroid dienone is 1. The first-order valence-electron chi connectivity index (χ1n) is 6.37. The number of hydrogen-bond donors (Lipinski definition) is 0. The van der Waals surface area contributed by atoms with Gasteiger partial charge in [-0.25, -0.2) is 4.98 Å². The number of benzene rings is 2. The van der Waals surface area contributed by atoms with Crippen LogP contribution in [0.4, 0.5) is 0 Å². The first-order chi connectivity index (χ1) is 9.16. The molecule has 94 valence electrons. The lowest BCUT2D eigenvalue weighted by molar-refractivity contribution is 1.00. The largest absolute Gasteiger partial charge is 0.297 e. The number of aryl methyl sites for hydroxylation is 1. The summed E-state index contributed by atoms with van der Waals surface area (Å²) in [5.74, 6) is 1.00. The predicted octanol–water partition coefficient (Wildman–Crippen LogP) is 4.37. The molecule has 0 aliphatic heterocycles. The third-order valence-corrected chi connectivity index (χ3v) is 3.35. The summed E-state index contributed by atoms with van der Waals surface area (Å²) in [5.41, 5.74) is 5.56. The SMILES string of the molecule is C=C(C)c1ccc(-n2c(C)nc3ccccc32)cc1. The van der Waals surface area contributed by atoms with Gasteiger partial charge in [-0.1, -0.05) is 36.4 Å². The summed E-state index contributed by atoms with van der Waals surface area (Å²) >= 11 is 0. The van der Waals surface area contributed by atoms with Gasteiger partial charge < -0.3 is 0 Å². The molecule has 1 aromatic heterocycles. The van der Waals surface area contributed by atoms with E-state index in [-0.39, 0.29) is 0 Å². The van der Waals surface area contributed by atoms with E-state index in [1.807, 2.05) is 32.0 Å². The van der Waals surface area contributed by atoms with Crippen LogP contribution in [-0.2, 0) is 0 Å². The Hall–Kier alpha value is -2.35. The van der Waals surface area contributed by atoms with Gasteiger partial charge in [-0.15, -0.1) is 0 Å². The zero-order valence-corrected chi connectivity index (χ0v) is 11.2. The zero-order chi connectivity index (χ0) is 13.4. The molecular weight excluding hydrogens is 232 g/mol. The maximum atomic E-state index is 4.59. The number of rotatable bonds is 2. The van der Waals surface area contributed by atoms with E-state index in [0.717, 1.165) is 28.1 Å². The molecule has 0 bridgehead atoms. The Morgan fingerprint density at radius 3 is 2.42 bits per heavy atom. The molecule has 0 aliphatic rings. The van der Waals surface area contributed by atoms with Crippen LogP contribution in [0.2, 0.25) is 0 Å². The second-order valence-corrected chi connectivity index (χ2v) is 4.81. The molecule has 0 saturated heterocycles. The van der Waals surface area contributed by atoms with Crippen LogP contribution in [0, 0.1) is 6.92 Å². The molecule has 0 atom stereocenters. The third-order valence-electron chi connectivity index (χ3n) is 3.35. The lowest BCUT2D eigenvalue weighted by Crippen LogP contribution is -1.96. The molecule has 19 heavy (non-hydrogen) atoms. The van der Waals surface area contributed by atoms with Crippen molar-refractivity contribution in [2.24, 2.45) is 0 Å². The van der Waals surface area contributed by atoms with E-state index in [9.17, 15) is 0 Å². The van der Waals surface area contributed by atoms with E-state index in [0.29, 0.717) is 0 Å². The van der Waals surface area contributed by atoms with Crippen molar-refractivity contribution < 1.29 is 0 Å². The van der Waals surface area contributed by atoms with Gasteiger partial charge in [0.15, 0.2) is 0 Å². The summed E-state index contributed by atoms with van der Waals surface area (Å²) in [6, 6.07) is 16.6. The van der Waals surface area contributed by atoms with Gasteiger partial charge in [0, 0.05) is 5.69 Å². The minimum atomic E-state index is 1.00. The second-order valence-electron chi connectivity index (χ2n) is 4.81. The van der Waals surface area contributed by atoms with Crippen molar-refractivity contribution in [3.8, 4) is 5.69 Å². The molecule has 3 rings (SSSR count). The summed E-state index contributed by atoms with van der Waals surface area (Å²) in [6.45, 7) is 8.02. The summed E-state index contributed by atoms with van der Waals surface area (Å²) in [5, 5.41) is 0. The molecule has 0 aliphatic carbocycles. The fraction of sp³-hybridized carbons (Fsp3) is 0.118. The van der Waals surface area contributed by atoms with Gasteiger partial charge in [0.05, 0.1) is 11.0 Å². The molecule has 0 amide bonds. The molecule has 3 aromatic rings. The van der Waals surface area contributed by atoms with Crippen LogP contribution in [-0.4, -0.2) is 9.55 Å². The fourth-order valence-electron chi connectivity index (χ4n) is 2.37. The molecular formula is C17H16N2. The van der Waals surface area contributed by atoms with E-state index < -0.39 is 0 Å². The van der Waals surface area contributed by atoms with E-state index in [4.69, 9.17) is 0 Å². The fourth-order valence-corrected chi connectivity index (χ4v) is 2.37. The maximum Gasteiger partial charge on any atom is 0.111 e. The van der Waals surface area contributed by atoms with Crippen molar-refractivity contribution in [2.75, 3.05) is 0 Å². The first-order valence-corrected chi connectivity index (χ1v) is 6.37. The highest BCUT2D eigenvalue weighted by atomic mass is 15.1. The smallest absolute Gasteiger partial charge is 0.111 e. The molecule has 0 radical (unpaired) electrons. The molecule has 1 heterocycles. The molecule has 2 aromatic carbocycles. The molecule has 0 N–H and O–H groups in total. The predicted molar refractivity (Wildman–Crippen MR) is 80.5 cm³/mol. The van der Waals surface area contributed by atoms with Crippen LogP contribution in [0.25, 0.3) is 22.3 Å². The monoisotopic (exact) mass is 248 g/mol. The van der Waals surface area contributed by atoms with E-state index in [2.05, 4.69) is 46.5 Å². The number of imidazole rings is 1. The molecule has 0 spiro atoms. The lowest BCUT2D eigenvalue weighted by atomic mass is 10.1. The number of nitrogens with zero attached hydrogens (tertiary/aromatic N) is 2. The van der Waals surface area contributed by atoms with Crippen LogP contribution in [0.5, 0.6) is 0 Å². The minimum Gasteiger partial charge on any atom is -0.297 e. The average molecular weight is 248 g/mol. The van der Waals surface area contributed by atoms with Gasteiger partial charge in [0.25, 0.3) is 0 Å². The van der Waals surface area contributed by atoms with Crippen LogP contribution in [0.15, 0.2) is 55.1 Å². The van der Waals surface area contributed by atoms with Crippen LogP contribution >= 0.6 is 0 Å². The summed E-state index contributed by atoms with van der Waals surface area (Å²) in [4.78, 5) is 4.59. The summed E-state index contributed by atoms with van der Waals surface area (Å²) in [7, 11) is 0. The quantitative estimate of drug-likeness (QED) is 0.658. The van der Waals surface area contributed by atoms with Gasteiger partial charge in [-0.3, -0.25) is 4.57 Å². The normalized spacial score (nSPS) is 10.8.